The van der Waals surface area contributed by atoms with Crippen molar-refractivity contribution in [3.05, 3.63) is 36.4 Å². The van der Waals surface area contributed by atoms with E-state index in [4.69, 9.17) is 4.74 Å². The van der Waals surface area contributed by atoms with Crippen molar-refractivity contribution < 1.29 is 18.3 Å². The zero-order chi connectivity index (χ0) is 15.6. The van der Waals surface area contributed by atoms with E-state index in [9.17, 15) is 8.78 Å². The molecule has 3 rings (SSSR count). The minimum atomic E-state index is -3.58. The van der Waals surface area contributed by atoms with Crippen LogP contribution in [0.1, 0.15) is 24.4 Å². The Morgan fingerprint density at radius 1 is 1.32 bits per heavy atom. The second kappa shape index (κ2) is 6.22. The number of fused-ring (bicyclic) bond motifs is 1. The molecule has 0 aliphatic carbocycles. The summed E-state index contributed by atoms with van der Waals surface area (Å²) in [6.45, 7) is 7.31. The number of nitrogens with one attached hydrogen (secondary N) is 1. The molecule has 1 aromatic carbocycles. The van der Waals surface area contributed by atoms with Crippen molar-refractivity contribution in [3.8, 4) is 11.5 Å². The molecule has 22 heavy (non-hydrogen) atoms. The van der Waals surface area contributed by atoms with Gasteiger partial charge >= 0.3 is 6.29 Å². The normalized spacial score (nSPS) is 21.5. The van der Waals surface area contributed by atoms with E-state index in [1.807, 2.05) is 12.1 Å². The Bertz CT molecular complexity index is 545. The molecule has 0 saturated carbocycles. The number of alkyl halides is 2. The third-order valence-corrected chi connectivity index (χ3v) is 4.05. The first-order valence-corrected chi connectivity index (χ1v) is 7.55. The van der Waals surface area contributed by atoms with Gasteiger partial charge in [0.15, 0.2) is 11.5 Å². The molecule has 0 amide bonds. The highest BCUT2D eigenvalue weighted by molar-refractivity contribution is 5.50. The Morgan fingerprint density at radius 2 is 2.09 bits per heavy atom. The second-order valence-electron chi connectivity index (χ2n) is 5.51. The van der Waals surface area contributed by atoms with Gasteiger partial charge in [0.05, 0.1) is 0 Å². The molecule has 1 N–H and O–H groups in total. The van der Waals surface area contributed by atoms with Crippen LogP contribution in [0.3, 0.4) is 0 Å². The summed E-state index contributed by atoms with van der Waals surface area (Å²) in [6, 6.07) is 5.12. The van der Waals surface area contributed by atoms with E-state index < -0.39 is 6.29 Å². The average Bonchev–Trinajstić information content (AvgIpc) is 2.83. The molecule has 0 spiro atoms. The lowest BCUT2D eigenvalue weighted by Crippen LogP contribution is -2.45. The number of allylic oxidation sites excluding steroid dienone is 1. The molecule has 0 bridgehead atoms. The summed E-state index contributed by atoms with van der Waals surface area (Å²) in [6.07, 6.45) is -0.0976. The largest absolute Gasteiger partial charge is 0.586 e. The van der Waals surface area contributed by atoms with E-state index in [1.165, 1.54) is 6.07 Å². The molecule has 1 fully saturated rings. The van der Waals surface area contributed by atoms with Gasteiger partial charge in [-0.3, -0.25) is 4.90 Å². The van der Waals surface area contributed by atoms with Gasteiger partial charge < -0.3 is 14.8 Å². The van der Waals surface area contributed by atoms with Crippen LogP contribution in [0.4, 0.5) is 8.78 Å². The predicted octanol–water partition coefficient (Wildman–Crippen LogP) is 2.92. The Labute approximate surface area is 128 Å². The molecule has 0 aromatic heterocycles. The van der Waals surface area contributed by atoms with Gasteiger partial charge in [-0.25, -0.2) is 0 Å². The van der Waals surface area contributed by atoms with Crippen molar-refractivity contribution in [3.63, 3.8) is 0 Å². The number of para-hydroxylation sites is 1. The summed E-state index contributed by atoms with van der Waals surface area (Å²) in [5, 5.41) is 3.30. The number of halogens is 2. The molecule has 1 saturated heterocycles. The molecule has 2 aliphatic heterocycles. The summed E-state index contributed by atoms with van der Waals surface area (Å²) in [7, 11) is 0. The molecular formula is C16H20F2N2O2. The summed E-state index contributed by atoms with van der Waals surface area (Å²) in [5.41, 5.74) is 0.762. The number of hydrogen-bond donors (Lipinski definition) is 1. The van der Waals surface area contributed by atoms with Crippen molar-refractivity contribution in [1.82, 2.24) is 10.2 Å². The SMILES string of the molecule is C=CCC[C@@H](c1cccc2c1OC(F)(F)O2)N1CCNCC1. The molecule has 0 radical (unpaired) electrons. The minimum Gasteiger partial charge on any atom is -0.395 e. The van der Waals surface area contributed by atoms with Gasteiger partial charge in [-0.2, -0.15) is 0 Å². The topological polar surface area (TPSA) is 33.7 Å². The second-order valence-corrected chi connectivity index (χ2v) is 5.51. The Balaban J connectivity index is 1.91. The van der Waals surface area contributed by atoms with Gasteiger partial charge in [-0.05, 0) is 18.9 Å². The molecule has 1 aromatic rings. The fraction of sp³-hybridized carbons (Fsp3) is 0.500. The summed E-state index contributed by atoms with van der Waals surface area (Å²) < 4.78 is 36.1. The third kappa shape index (κ3) is 3.08. The molecule has 4 nitrogen and oxygen atoms in total. The average molecular weight is 310 g/mol. The molecule has 2 aliphatic rings. The van der Waals surface area contributed by atoms with Gasteiger partial charge in [0.2, 0.25) is 0 Å². The Morgan fingerprint density at radius 3 is 2.82 bits per heavy atom. The summed E-state index contributed by atoms with van der Waals surface area (Å²) in [4.78, 5) is 2.30. The first kappa shape index (κ1) is 15.2. The van der Waals surface area contributed by atoms with E-state index in [2.05, 4.69) is 21.5 Å². The fourth-order valence-electron chi connectivity index (χ4n) is 3.06. The van der Waals surface area contributed by atoms with Crippen LogP contribution in [-0.2, 0) is 0 Å². The first-order valence-electron chi connectivity index (χ1n) is 7.55. The summed E-state index contributed by atoms with van der Waals surface area (Å²) in [5.74, 6) is 0.279. The van der Waals surface area contributed by atoms with Gasteiger partial charge in [-0.1, -0.05) is 18.2 Å². The first-order chi connectivity index (χ1) is 10.6. The maximum atomic E-state index is 13.4. The van der Waals surface area contributed by atoms with Crippen molar-refractivity contribution in [2.45, 2.75) is 25.2 Å². The smallest absolute Gasteiger partial charge is 0.395 e. The lowest BCUT2D eigenvalue weighted by molar-refractivity contribution is -0.287. The minimum absolute atomic E-state index is 0.0209. The molecule has 0 unspecified atom stereocenters. The van der Waals surface area contributed by atoms with Crippen LogP contribution in [0.15, 0.2) is 30.9 Å². The Kier molecular flexibility index (Phi) is 4.31. The van der Waals surface area contributed by atoms with E-state index in [1.54, 1.807) is 6.07 Å². The lowest BCUT2D eigenvalue weighted by Gasteiger charge is -2.35. The number of benzene rings is 1. The van der Waals surface area contributed by atoms with Crippen LogP contribution < -0.4 is 14.8 Å². The van der Waals surface area contributed by atoms with Crippen molar-refractivity contribution in [1.29, 1.82) is 0 Å². The fourth-order valence-corrected chi connectivity index (χ4v) is 3.06. The number of hydrogen-bond acceptors (Lipinski definition) is 4. The highest BCUT2D eigenvalue weighted by Crippen LogP contribution is 2.47. The van der Waals surface area contributed by atoms with Gasteiger partial charge in [0, 0.05) is 37.8 Å². The maximum Gasteiger partial charge on any atom is 0.586 e. The molecule has 1 atom stereocenters. The van der Waals surface area contributed by atoms with E-state index >= 15 is 0 Å². The molecule has 6 heteroatoms. The predicted molar refractivity (Wildman–Crippen MR) is 79.3 cm³/mol. The monoisotopic (exact) mass is 310 g/mol. The highest BCUT2D eigenvalue weighted by Gasteiger charge is 2.45. The third-order valence-electron chi connectivity index (χ3n) is 4.05. The van der Waals surface area contributed by atoms with Crippen LogP contribution >= 0.6 is 0 Å². The lowest BCUT2D eigenvalue weighted by atomic mass is 9.98. The number of nitrogens with zero attached hydrogens (tertiary/aromatic N) is 1. The van der Waals surface area contributed by atoms with Gasteiger partial charge in [0.25, 0.3) is 0 Å². The zero-order valence-corrected chi connectivity index (χ0v) is 12.4. The van der Waals surface area contributed by atoms with Crippen LogP contribution in [-0.4, -0.2) is 37.4 Å². The van der Waals surface area contributed by atoms with Crippen LogP contribution in [0, 0.1) is 0 Å². The number of rotatable bonds is 5. The van der Waals surface area contributed by atoms with Crippen molar-refractivity contribution in [2.75, 3.05) is 26.2 Å². The molecular weight excluding hydrogens is 290 g/mol. The van der Waals surface area contributed by atoms with E-state index in [-0.39, 0.29) is 17.5 Å². The zero-order valence-electron chi connectivity index (χ0n) is 12.4. The number of piperazine rings is 1. The quantitative estimate of drug-likeness (QED) is 0.848. The van der Waals surface area contributed by atoms with E-state index in [0.29, 0.717) is 0 Å². The van der Waals surface area contributed by atoms with Crippen molar-refractivity contribution in [2.24, 2.45) is 0 Å². The molecule has 120 valence electrons. The van der Waals surface area contributed by atoms with Crippen molar-refractivity contribution >= 4 is 0 Å². The van der Waals surface area contributed by atoms with Gasteiger partial charge in [-0.15, -0.1) is 15.4 Å². The van der Waals surface area contributed by atoms with Gasteiger partial charge in [0.1, 0.15) is 0 Å². The van der Waals surface area contributed by atoms with Crippen LogP contribution in [0.5, 0.6) is 11.5 Å². The highest BCUT2D eigenvalue weighted by atomic mass is 19.3. The molecule has 2 heterocycles. The Hall–Kier alpha value is -1.66. The number of ether oxygens (including phenoxy) is 2. The maximum absolute atomic E-state index is 13.4. The van der Waals surface area contributed by atoms with E-state index in [0.717, 1.165) is 44.6 Å². The standard InChI is InChI=1S/C16H20F2N2O2/c1-2-3-6-13(20-10-8-19-9-11-20)12-5-4-7-14-15(12)22-16(17,18)21-14/h2,4-5,7,13,19H,1,3,6,8-11H2/t13-/m0/s1. The summed E-state index contributed by atoms with van der Waals surface area (Å²) >= 11 is 0. The van der Waals surface area contributed by atoms with Crippen LogP contribution in [0.25, 0.3) is 0 Å². The van der Waals surface area contributed by atoms with Crippen LogP contribution in [0.2, 0.25) is 0 Å².